The van der Waals surface area contributed by atoms with Gasteiger partial charge in [0.2, 0.25) is 0 Å². The summed E-state index contributed by atoms with van der Waals surface area (Å²) in [6.45, 7) is 0. The zero-order valence-electron chi connectivity index (χ0n) is 10.3. The standard InChI is InChI=1S/C14H18N2OS/c15-13(18)10-6-8-11(9-7-10)14(17)16-12-4-2-1-3-5-12/h6-9,12H,1-5H2,(H2,15,18)(H,16,17). The molecule has 0 aromatic heterocycles. The Morgan fingerprint density at radius 3 is 2.22 bits per heavy atom. The molecule has 1 amide bonds. The predicted molar refractivity (Wildman–Crippen MR) is 76.7 cm³/mol. The number of hydrogen-bond donors (Lipinski definition) is 2. The first-order chi connectivity index (χ1) is 8.66. The second-order valence-corrected chi connectivity index (χ2v) is 5.19. The summed E-state index contributed by atoms with van der Waals surface area (Å²) in [5.41, 5.74) is 6.98. The third-order valence-corrected chi connectivity index (χ3v) is 3.61. The van der Waals surface area contributed by atoms with Gasteiger partial charge >= 0.3 is 0 Å². The number of amides is 1. The molecule has 0 radical (unpaired) electrons. The summed E-state index contributed by atoms with van der Waals surface area (Å²) in [5.74, 6) is -0.00334. The van der Waals surface area contributed by atoms with Crippen molar-refractivity contribution < 1.29 is 4.79 Å². The summed E-state index contributed by atoms with van der Waals surface area (Å²) in [7, 11) is 0. The molecule has 0 unspecified atom stereocenters. The SMILES string of the molecule is NC(=S)c1ccc(C(=O)NC2CCCCC2)cc1. The maximum Gasteiger partial charge on any atom is 0.251 e. The number of nitrogens with one attached hydrogen (secondary N) is 1. The first kappa shape index (κ1) is 13.0. The van der Waals surface area contributed by atoms with Crippen molar-refractivity contribution in [1.82, 2.24) is 5.32 Å². The Kier molecular flexibility index (Phi) is 4.31. The van der Waals surface area contributed by atoms with Gasteiger partial charge in [-0.3, -0.25) is 4.79 Å². The molecule has 0 bridgehead atoms. The lowest BCUT2D eigenvalue weighted by molar-refractivity contribution is 0.0927. The minimum Gasteiger partial charge on any atom is -0.389 e. The Balaban J connectivity index is 1.97. The smallest absolute Gasteiger partial charge is 0.251 e. The van der Waals surface area contributed by atoms with Crippen molar-refractivity contribution in [3.05, 3.63) is 35.4 Å². The Morgan fingerprint density at radius 1 is 1.11 bits per heavy atom. The molecule has 96 valence electrons. The van der Waals surface area contributed by atoms with Crippen molar-refractivity contribution in [2.45, 2.75) is 38.1 Å². The maximum absolute atomic E-state index is 12.0. The zero-order valence-corrected chi connectivity index (χ0v) is 11.1. The molecule has 4 heteroatoms. The molecular weight excluding hydrogens is 244 g/mol. The molecule has 0 saturated heterocycles. The number of thiocarbonyl (C=S) groups is 1. The zero-order chi connectivity index (χ0) is 13.0. The summed E-state index contributed by atoms with van der Waals surface area (Å²) >= 11 is 4.88. The van der Waals surface area contributed by atoms with E-state index in [-0.39, 0.29) is 5.91 Å². The number of carbonyl (C=O) groups is 1. The second kappa shape index (κ2) is 5.96. The summed E-state index contributed by atoms with van der Waals surface area (Å²) in [4.78, 5) is 12.4. The van der Waals surface area contributed by atoms with Crippen LogP contribution < -0.4 is 11.1 Å². The molecule has 1 fully saturated rings. The Bertz CT molecular complexity index is 436. The van der Waals surface area contributed by atoms with E-state index in [4.69, 9.17) is 18.0 Å². The van der Waals surface area contributed by atoms with E-state index in [2.05, 4.69) is 5.32 Å². The lowest BCUT2D eigenvalue weighted by atomic mass is 9.95. The van der Waals surface area contributed by atoms with Crippen molar-refractivity contribution in [3.8, 4) is 0 Å². The number of rotatable bonds is 3. The second-order valence-electron chi connectivity index (χ2n) is 4.75. The van der Waals surface area contributed by atoms with Gasteiger partial charge in [-0.1, -0.05) is 43.6 Å². The van der Waals surface area contributed by atoms with Gasteiger partial charge in [-0.2, -0.15) is 0 Å². The molecule has 1 aromatic rings. The fourth-order valence-corrected chi connectivity index (χ4v) is 2.44. The van der Waals surface area contributed by atoms with Crippen molar-refractivity contribution >= 4 is 23.1 Å². The van der Waals surface area contributed by atoms with E-state index in [1.54, 1.807) is 24.3 Å². The van der Waals surface area contributed by atoms with Gasteiger partial charge in [0.05, 0.1) is 0 Å². The molecule has 1 aliphatic carbocycles. The van der Waals surface area contributed by atoms with Crippen molar-refractivity contribution in [3.63, 3.8) is 0 Å². The van der Waals surface area contributed by atoms with Crippen LogP contribution in [0.15, 0.2) is 24.3 Å². The van der Waals surface area contributed by atoms with Crippen LogP contribution in [0.2, 0.25) is 0 Å². The third-order valence-electron chi connectivity index (χ3n) is 3.37. The van der Waals surface area contributed by atoms with Gasteiger partial charge in [-0.25, -0.2) is 0 Å². The number of carbonyl (C=O) groups excluding carboxylic acids is 1. The lowest BCUT2D eigenvalue weighted by Gasteiger charge is -2.22. The summed E-state index contributed by atoms with van der Waals surface area (Å²) in [5, 5.41) is 3.08. The maximum atomic E-state index is 12.0. The van der Waals surface area contributed by atoms with Crippen LogP contribution in [-0.4, -0.2) is 16.9 Å². The Labute approximate surface area is 113 Å². The van der Waals surface area contributed by atoms with Crippen LogP contribution in [0.4, 0.5) is 0 Å². The van der Waals surface area contributed by atoms with Gasteiger partial charge in [0.1, 0.15) is 4.99 Å². The van der Waals surface area contributed by atoms with Gasteiger partial charge in [0.15, 0.2) is 0 Å². The van der Waals surface area contributed by atoms with Crippen LogP contribution in [0.1, 0.15) is 48.0 Å². The summed E-state index contributed by atoms with van der Waals surface area (Å²) < 4.78 is 0. The van der Waals surface area contributed by atoms with Crippen molar-refractivity contribution in [2.24, 2.45) is 5.73 Å². The minimum atomic E-state index is -0.00334. The number of benzene rings is 1. The monoisotopic (exact) mass is 262 g/mol. The highest BCUT2D eigenvalue weighted by molar-refractivity contribution is 7.80. The molecule has 0 atom stereocenters. The van der Waals surface area contributed by atoms with Gasteiger partial charge in [0, 0.05) is 17.2 Å². The van der Waals surface area contributed by atoms with Crippen molar-refractivity contribution in [2.75, 3.05) is 0 Å². The van der Waals surface area contributed by atoms with E-state index in [0.717, 1.165) is 18.4 Å². The van der Waals surface area contributed by atoms with E-state index >= 15 is 0 Å². The molecule has 1 saturated carbocycles. The van der Waals surface area contributed by atoms with E-state index < -0.39 is 0 Å². The highest BCUT2D eigenvalue weighted by Gasteiger charge is 2.16. The topological polar surface area (TPSA) is 55.1 Å². The first-order valence-corrected chi connectivity index (χ1v) is 6.78. The molecule has 1 aromatic carbocycles. The van der Waals surface area contributed by atoms with E-state index in [1.807, 2.05) is 0 Å². The van der Waals surface area contributed by atoms with Crippen LogP contribution >= 0.6 is 12.2 Å². The number of hydrogen-bond acceptors (Lipinski definition) is 2. The Morgan fingerprint density at radius 2 is 1.67 bits per heavy atom. The molecule has 2 rings (SSSR count). The molecule has 0 heterocycles. The predicted octanol–water partition coefficient (Wildman–Crippen LogP) is 2.38. The molecule has 1 aliphatic rings. The summed E-state index contributed by atoms with van der Waals surface area (Å²) in [6, 6.07) is 7.46. The van der Waals surface area contributed by atoms with Crippen LogP contribution in [0.3, 0.4) is 0 Å². The average Bonchev–Trinajstić information content (AvgIpc) is 2.40. The van der Waals surface area contributed by atoms with Gasteiger partial charge < -0.3 is 11.1 Å². The van der Waals surface area contributed by atoms with Crippen LogP contribution in [0.25, 0.3) is 0 Å². The van der Waals surface area contributed by atoms with E-state index in [1.165, 1.54) is 19.3 Å². The van der Waals surface area contributed by atoms with Gasteiger partial charge in [-0.15, -0.1) is 0 Å². The van der Waals surface area contributed by atoms with E-state index in [9.17, 15) is 4.79 Å². The molecule has 3 N–H and O–H groups in total. The normalized spacial score (nSPS) is 16.2. The lowest BCUT2D eigenvalue weighted by Crippen LogP contribution is -2.36. The fourth-order valence-electron chi connectivity index (χ4n) is 2.30. The first-order valence-electron chi connectivity index (χ1n) is 6.37. The molecule has 0 spiro atoms. The molecule has 0 aliphatic heterocycles. The van der Waals surface area contributed by atoms with Crippen LogP contribution in [0.5, 0.6) is 0 Å². The van der Waals surface area contributed by atoms with E-state index in [0.29, 0.717) is 16.6 Å². The van der Waals surface area contributed by atoms with Crippen LogP contribution in [-0.2, 0) is 0 Å². The Hall–Kier alpha value is -1.42. The molecule has 18 heavy (non-hydrogen) atoms. The average molecular weight is 262 g/mol. The highest BCUT2D eigenvalue weighted by atomic mass is 32.1. The highest BCUT2D eigenvalue weighted by Crippen LogP contribution is 2.17. The fraction of sp³-hybridized carbons (Fsp3) is 0.429. The minimum absolute atomic E-state index is 0.00334. The summed E-state index contributed by atoms with van der Waals surface area (Å²) in [6.07, 6.45) is 5.90. The third kappa shape index (κ3) is 3.29. The van der Waals surface area contributed by atoms with Crippen LogP contribution in [0, 0.1) is 0 Å². The van der Waals surface area contributed by atoms with Crippen molar-refractivity contribution in [1.29, 1.82) is 0 Å². The molecule has 3 nitrogen and oxygen atoms in total. The molecular formula is C14H18N2OS. The number of nitrogens with two attached hydrogens (primary N) is 1. The quantitative estimate of drug-likeness (QED) is 0.822. The van der Waals surface area contributed by atoms with Gasteiger partial charge in [-0.05, 0) is 25.0 Å². The van der Waals surface area contributed by atoms with Gasteiger partial charge in [0.25, 0.3) is 5.91 Å². The largest absolute Gasteiger partial charge is 0.389 e.